The van der Waals surface area contributed by atoms with Gasteiger partial charge in [0.25, 0.3) is 0 Å². The van der Waals surface area contributed by atoms with Crippen LogP contribution in [0.4, 0.5) is 5.69 Å². The molecule has 1 heterocycles. The molecule has 0 saturated carbocycles. The number of carbonyl (C=O) groups is 2. The highest BCUT2D eigenvalue weighted by Crippen LogP contribution is 2.08. The number of pyridine rings is 1. The van der Waals surface area contributed by atoms with Crippen molar-refractivity contribution in [3.8, 4) is 0 Å². The average molecular weight is 265 g/mol. The summed E-state index contributed by atoms with van der Waals surface area (Å²) in [7, 11) is 0. The third-order valence-electron chi connectivity index (χ3n) is 2.65. The summed E-state index contributed by atoms with van der Waals surface area (Å²) in [5.74, 6) is -0.380. The van der Waals surface area contributed by atoms with E-state index in [-0.39, 0.29) is 11.8 Å². The van der Waals surface area contributed by atoms with E-state index in [2.05, 4.69) is 10.3 Å². The van der Waals surface area contributed by atoms with Gasteiger partial charge in [-0.25, -0.2) is 5.48 Å². The van der Waals surface area contributed by atoms with E-state index >= 15 is 0 Å². The number of unbranched alkanes of at least 4 members (excludes halogenated alkanes) is 3. The first-order valence-corrected chi connectivity index (χ1v) is 6.35. The number of hydrogen-bond donors (Lipinski definition) is 3. The molecule has 2 amide bonds. The highest BCUT2D eigenvalue weighted by Gasteiger charge is 2.02. The maximum Gasteiger partial charge on any atom is 0.243 e. The molecule has 6 nitrogen and oxygen atoms in total. The van der Waals surface area contributed by atoms with Gasteiger partial charge < -0.3 is 5.32 Å². The maximum atomic E-state index is 11.6. The second-order valence-electron chi connectivity index (χ2n) is 4.23. The first-order valence-electron chi connectivity index (χ1n) is 6.35. The van der Waals surface area contributed by atoms with Gasteiger partial charge in [0.1, 0.15) is 0 Å². The van der Waals surface area contributed by atoms with E-state index in [0.717, 1.165) is 31.4 Å². The Morgan fingerprint density at radius 1 is 1.00 bits per heavy atom. The Morgan fingerprint density at radius 3 is 2.16 bits per heavy atom. The number of anilines is 1. The molecule has 0 spiro atoms. The average Bonchev–Trinajstić information content (AvgIpc) is 2.43. The van der Waals surface area contributed by atoms with Gasteiger partial charge in [0.2, 0.25) is 11.8 Å². The topological polar surface area (TPSA) is 91.3 Å². The third kappa shape index (κ3) is 7.15. The zero-order valence-electron chi connectivity index (χ0n) is 10.8. The van der Waals surface area contributed by atoms with Crippen molar-refractivity contribution in [2.24, 2.45) is 0 Å². The molecule has 0 atom stereocenters. The Morgan fingerprint density at radius 2 is 1.58 bits per heavy atom. The molecular formula is C13H19N3O3. The first kappa shape index (κ1) is 15.1. The molecule has 1 aromatic rings. The molecule has 6 heteroatoms. The van der Waals surface area contributed by atoms with Gasteiger partial charge >= 0.3 is 0 Å². The second kappa shape index (κ2) is 9.04. The smallest absolute Gasteiger partial charge is 0.243 e. The number of carbonyl (C=O) groups excluding carboxylic acids is 2. The molecular weight excluding hydrogens is 246 g/mol. The summed E-state index contributed by atoms with van der Waals surface area (Å²) in [5.41, 5.74) is 2.34. The zero-order chi connectivity index (χ0) is 13.9. The van der Waals surface area contributed by atoms with Crippen molar-refractivity contribution < 1.29 is 14.8 Å². The van der Waals surface area contributed by atoms with Crippen LogP contribution < -0.4 is 10.8 Å². The van der Waals surface area contributed by atoms with Gasteiger partial charge in [0, 0.05) is 30.9 Å². The molecule has 3 N–H and O–H groups in total. The van der Waals surface area contributed by atoms with Crippen LogP contribution in [0.3, 0.4) is 0 Å². The lowest BCUT2D eigenvalue weighted by molar-refractivity contribution is -0.129. The summed E-state index contributed by atoms with van der Waals surface area (Å²) < 4.78 is 0. The number of nitrogens with one attached hydrogen (secondary N) is 2. The van der Waals surface area contributed by atoms with Crippen LogP contribution in [0.2, 0.25) is 0 Å². The molecule has 0 bridgehead atoms. The van der Waals surface area contributed by atoms with E-state index in [1.807, 2.05) is 0 Å². The minimum atomic E-state index is -0.365. The lowest BCUT2D eigenvalue weighted by atomic mass is 10.1. The Kier molecular flexibility index (Phi) is 7.19. The fourth-order valence-electron chi connectivity index (χ4n) is 1.64. The minimum absolute atomic E-state index is 0.0145. The molecule has 1 rings (SSSR count). The monoisotopic (exact) mass is 265 g/mol. The van der Waals surface area contributed by atoms with E-state index in [4.69, 9.17) is 5.21 Å². The van der Waals surface area contributed by atoms with Crippen LogP contribution in [0.1, 0.15) is 38.5 Å². The number of hydrogen-bond acceptors (Lipinski definition) is 4. The van der Waals surface area contributed by atoms with Crippen molar-refractivity contribution >= 4 is 17.5 Å². The summed E-state index contributed by atoms with van der Waals surface area (Å²) in [6, 6.07) is 3.48. The maximum absolute atomic E-state index is 11.6. The van der Waals surface area contributed by atoms with Crippen LogP contribution in [0, 0.1) is 0 Å². The van der Waals surface area contributed by atoms with Gasteiger partial charge in [-0.2, -0.15) is 0 Å². The van der Waals surface area contributed by atoms with Crippen LogP contribution in [0.5, 0.6) is 0 Å². The summed E-state index contributed by atoms with van der Waals surface area (Å²) in [6.45, 7) is 0. The Bertz CT molecular complexity index is 395. The first-order chi connectivity index (χ1) is 9.22. The van der Waals surface area contributed by atoms with Crippen LogP contribution in [-0.2, 0) is 9.59 Å². The number of aromatic nitrogens is 1. The van der Waals surface area contributed by atoms with E-state index in [1.165, 1.54) is 0 Å². The van der Waals surface area contributed by atoms with Crippen molar-refractivity contribution in [2.45, 2.75) is 38.5 Å². The SMILES string of the molecule is O=C(CCCCCCC(=O)Nc1ccncc1)NO. The molecule has 0 aliphatic carbocycles. The molecule has 0 fully saturated rings. The predicted octanol–water partition coefficient (Wildman–Crippen LogP) is 1.87. The Hall–Kier alpha value is -1.95. The van der Waals surface area contributed by atoms with Crippen molar-refractivity contribution in [1.82, 2.24) is 10.5 Å². The van der Waals surface area contributed by atoms with Gasteiger partial charge in [0.05, 0.1) is 0 Å². The van der Waals surface area contributed by atoms with E-state index in [0.29, 0.717) is 12.8 Å². The molecule has 1 aromatic heterocycles. The lowest BCUT2D eigenvalue weighted by Gasteiger charge is -2.04. The number of nitrogens with zero attached hydrogens (tertiary/aromatic N) is 1. The van der Waals surface area contributed by atoms with Gasteiger partial charge in [-0.05, 0) is 25.0 Å². The number of hydroxylamine groups is 1. The van der Waals surface area contributed by atoms with Crippen molar-refractivity contribution in [3.05, 3.63) is 24.5 Å². The van der Waals surface area contributed by atoms with Crippen molar-refractivity contribution in [2.75, 3.05) is 5.32 Å². The number of rotatable bonds is 8. The van der Waals surface area contributed by atoms with Gasteiger partial charge in [-0.15, -0.1) is 0 Å². The van der Waals surface area contributed by atoms with Crippen molar-refractivity contribution in [3.63, 3.8) is 0 Å². The summed E-state index contributed by atoms with van der Waals surface area (Å²) in [5, 5.41) is 11.1. The molecule has 0 unspecified atom stereocenters. The fraction of sp³-hybridized carbons (Fsp3) is 0.462. The molecule has 0 saturated heterocycles. The van der Waals surface area contributed by atoms with E-state index < -0.39 is 0 Å². The summed E-state index contributed by atoms with van der Waals surface area (Å²) in [6.07, 6.45) is 7.31. The van der Waals surface area contributed by atoms with Crippen LogP contribution in [0.15, 0.2) is 24.5 Å². The molecule has 19 heavy (non-hydrogen) atoms. The lowest BCUT2D eigenvalue weighted by Crippen LogP contribution is -2.17. The third-order valence-corrected chi connectivity index (χ3v) is 2.65. The molecule has 0 aliphatic heterocycles. The summed E-state index contributed by atoms with van der Waals surface area (Å²) in [4.78, 5) is 26.2. The predicted molar refractivity (Wildman–Crippen MR) is 70.5 cm³/mol. The molecule has 0 aromatic carbocycles. The van der Waals surface area contributed by atoms with Crippen LogP contribution in [-0.4, -0.2) is 22.0 Å². The summed E-state index contributed by atoms with van der Waals surface area (Å²) >= 11 is 0. The highest BCUT2D eigenvalue weighted by molar-refractivity contribution is 5.90. The van der Waals surface area contributed by atoms with E-state index in [9.17, 15) is 9.59 Å². The van der Waals surface area contributed by atoms with Crippen molar-refractivity contribution in [1.29, 1.82) is 0 Å². The fourth-order valence-corrected chi connectivity index (χ4v) is 1.64. The molecule has 0 radical (unpaired) electrons. The Labute approximate surface area is 112 Å². The standard InChI is InChI=1S/C13H19N3O3/c17-12(15-11-7-9-14-10-8-11)5-3-1-2-4-6-13(18)16-19/h7-10,19H,1-6H2,(H,16,18)(H,14,15,17). The molecule has 104 valence electrons. The minimum Gasteiger partial charge on any atom is -0.326 e. The van der Waals surface area contributed by atoms with Gasteiger partial charge in [0.15, 0.2) is 0 Å². The largest absolute Gasteiger partial charge is 0.326 e. The Balaban J connectivity index is 2.03. The normalized spacial score (nSPS) is 9.95. The van der Waals surface area contributed by atoms with Gasteiger partial charge in [-0.3, -0.25) is 19.8 Å². The highest BCUT2D eigenvalue weighted by atomic mass is 16.5. The molecule has 0 aliphatic rings. The zero-order valence-corrected chi connectivity index (χ0v) is 10.8. The van der Waals surface area contributed by atoms with Crippen LogP contribution in [0.25, 0.3) is 0 Å². The van der Waals surface area contributed by atoms with Gasteiger partial charge in [-0.1, -0.05) is 12.8 Å². The quantitative estimate of drug-likeness (QED) is 0.380. The number of amides is 2. The van der Waals surface area contributed by atoms with Crippen LogP contribution >= 0.6 is 0 Å². The second-order valence-corrected chi connectivity index (χ2v) is 4.23. The van der Waals surface area contributed by atoms with E-state index in [1.54, 1.807) is 30.0 Å².